The third kappa shape index (κ3) is 1.49. The summed E-state index contributed by atoms with van der Waals surface area (Å²) in [5.41, 5.74) is -1.89. The van der Waals surface area contributed by atoms with E-state index in [2.05, 4.69) is 10.1 Å². The van der Waals surface area contributed by atoms with Crippen LogP contribution in [0.2, 0.25) is 0 Å². The summed E-state index contributed by atoms with van der Waals surface area (Å²) >= 11 is 0. The molecule has 1 aromatic heterocycles. The second kappa shape index (κ2) is 2.66. The SMILES string of the molecule is Cn1ncnc1C(=O)C(C)(C)F. The van der Waals surface area contributed by atoms with E-state index in [1.54, 1.807) is 7.05 Å². The maximum atomic E-state index is 13.1. The number of aromatic nitrogens is 3. The van der Waals surface area contributed by atoms with Crippen molar-refractivity contribution >= 4 is 5.78 Å². The molecule has 1 rings (SSSR count). The van der Waals surface area contributed by atoms with Crippen LogP contribution >= 0.6 is 0 Å². The zero-order valence-corrected chi connectivity index (χ0v) is 7.21. The second-order valence-electron chi connectivity index (χ2n) is 3.01. The summed E-state index contributed by atoms with van der Waals surface area (Å²) in [6.07, 6.45) is 1.22. The van der Waals surface area contributed by atoms with E-state index in [9.17, 15) is 9.18 Å². The van der Waals surface area contributed by atoms with Crippen molar-refractivity contribution in [2.24, 2.45) is 7.05 Å². The molecule has 1 aromatic rings. The van der Waals surface area contributed by atoms with E-state index in [0.717, 1.165) is 0 Å². The van der Waals surface area contributed by atoms with Crippen molar-refractivity contribution in [2.45, 2.75) is 19.5 Å². The maximum Gasteiger partial charge on any atom is 0.236 e. The normalized spacial score (nSPS) is 11.7. The van der Waals surface area contributed by atoms with Gasteiger partial charge in [0, 0.05) is 7.05 Å². The Kier molecular flexibility index (Phi) is 1.95. The number of carbonyl (C=O) groups is 1. The van der Waals surface area contributed by atoms with Gasteiger partial charge >= 0.3 is 0 Å². The third-order valence-corrected chi connectivity index (χ3v) is 1.45. The quantitative estimate of drug-likeness (QED) is 0.617. The Morgan fingerprint density at radius 2 is 2.25 bits per heavy atom. The Morgan fingerprint density at radius 1 is 1.67 bits per heavy atom. The highest BCUT2D eigenvalue weighted by atomic mass is 19.1. The summed E-state index contributed by atoms with van der Waals surface area (Å²) < 4.78 is 14.3. The van der Waals surface area contributed by atoms with Gasteiger partial charge in [-0.2, -0.15) is 5.10 Å². The molecule has 0 bridgehead atoms. The molecule has 4 nitrogen and oxygen atoms in total. The van der Waals surface area contributed by atoms with E-state index in [-0.39, 0.29) is 5.82 Å². The number of hydrogen-bond acceptors (Lipinski definition) is 3. The Morgan fingerprint density at radius 3 is 2.58 bits per heavy atom. The molecule has 0 atom stereocenters. The summed E-state index contributed by atoms with van der Waals surface area (Å²) in [6, 6.07) is 0. The number of nitrogens with zero attached hydrogens (tertiary/aromatic N) is 3. The molecule has 1 heterocycles. The van der Waals surface area contributed by atoms with Crippen LogP contribution in [0.3, 0.4) is 0 Å². The summed E-state index contributed by atoms with van der Waals surface area (Å²) in [7, 11) is 1.55. The van der Waals surface area contributed by atoms with Gasteiger partial charge in [0.2, 0.25) is 5.78 Å². The van der Waals surface area contributed by atoms with Crippen molar-refractivity contribution in [2.75, 3.05) is 0 Å². The lowest BCUT2D eigenvalue weighted by molar-refractivity contribution is 0.0743. The number of aryl methyl sites for hydroxylation is 1. The van der Waals surface area contributed by atoms with Crippen molar-refractivity contribution < 1.29 is 9.18 Å². The highest BCUT2D eigenvalue weighted by Crippen LogP contribution is 2.14. The molecule has 0 aromatic carbocycles. The molecule has 0 saturated heterocycles. The Hall–Kier alpha value is -1.26. The monoisotopic (exact) mass is 171 g/mol. The van der Waals surface area contributed by atoms with Crippen LogP contribution in [-0.2, 0) is 7.05 Å². The Bertz CT molecular complexity index is 300. The summed E-state index contributed by atoms with van der Waals surface area (Å²) in [4.78, 5) is 14.9. The lowest BCUT2D eigenvalue weighted by Gasteiger charge is -2.10. The van der Waals surface area contributed by atoms with Gasteiger partial charge in [-0.25, -0.2) is 14.1 Å². The molecule has 0 radical (unpaired) electrons. The van der Waals surface area contributed by atoms with Crippen LogP contribution in [0, 0.1) is 0 Å². The Balaban J connectivity index is 3.01. The molecule has 0 fully saturated rings. The minimum absolute atomic E-state index is 0.0440. The molecule has 0 aliphatic rings. The van der Waals surface area contributed by atoms with Crippen molar-refractivity contribution in [1.29, 1.82) is 0 Å². The average molecular weight is 171 g/mol. The van der Waals surface area contributed by atoms with Gasteiger partial charge in [0.05, 0.1) is 0 Å². The highest BCUT2D eigenvalue weighted by Gasteiger charge is 2.30. The zero-order valence-electron chi connectivity index (χ0n) is 7.21. The van der Waals surface area contributed by atoms with Crippen molar-refractivity contribution in [1.82, 2.24) is 14.8 Å². The number of hydrogen-bond donors (Lipinski definition) is 0. The lowest BCUT2D eigenvalue weighted by atomic mass is 10.1. The van der Waals surface area contributed by atoms with Gasteiger partial charge in [-0.15, -0.1) is 0 Å². The molecule has 0 N–H and O–H groups in total. The minimum atomic E-state index is -1.89. The summed E-state index contributed by atoms with van der Waals surface area (Å²) in [5.74, 6) is -0.606. The third-order valence-electron chi connectivity index (χ3n) is 1.45. The van der Waals surface area contributed by atoms with Crippen molar-refractivity contribution in [3.05, 3.63) is 12.2 Å². The van der Waals surface area contributed by atoms with E-state index in [0.29, 0.717) is 0 Å². The first-order valence-corrected chi connectivity index (χ1v) is 3.50. The molecule has 0 aliphatic carbocycles. The Labute approximate surface area is 69.4 Å². The second-order valence-corrected chi connectivity index (χ2v) is 3.01. The van der Waals surface area contributed by atoms with Gasteiger partial charge in [-0.1, -0.05) is 0 Å². The first-order valence-electron chi connectivity index (χ1n) is 3.50. The van der Waals surface area contributed by atoms with Crippen molar-refractivity contribution in [3.63, 3.8) is 0 Å². The van der Waals surface area contributed by atoms with Crippen LogP contribution in [-0.4, -0.2) is 26.2 Å². The molecular formula is C7H10FN3O. The molecule has 66 valence electrons. The number of halogens is 1. The number of rotatable bonds is 2. The first-order chi connectivity index (χ1) is 5.43. The van der Waals surface area contributed by atoms with E-state index in [1.807, 2.05) is 0 Å². The van der Waals surface area contributed by atoms with Crippen LogP contribution in [0.1, 0.15) is 24.5 Å². The predicted molar refractivity (Wildman–Crippen MR) is 40.5 cm³/mol. The first kappa shape index (κ1) is 8.83. The number of alkyl halides is 1. The molecule has 0 spiro atoms. The van der Waals surface area contributed by atoms with E-state index in [1.165, 1.54) is 24.9 Å². The zero-order chi connectivity index (χ0) is 9.35. The maximum absolute atomic E-state index is 13.1. The summed E-state index contributed by atoms with van der Waals surface area (Å²) in [5, 5.41) is 3.67. The molecule has 0 saturated carbocycles. The molecule has 5 heteroatoms. The molecule has 12 heavy (non-hydrogen) atoms. The fourth-order valence-electron chi connectivity index (χ4n) is 0.768. The van der Waals surface area contributed by atoms with E-state index >= 15 is 0 Å². The predicted octanol–water partition coefficient (Wildman–Crippen LogP) is 0.746. The standard InChI is InChI=1S/C7H10FN3O/c1-7(2,8)5(12)6-9-4-10-11(6)3/h4H,1-3H3. The number of ketones is 1. The average Bonchev–Trinajstić information content (AvgIpc) is 2.31. The lowest BCUT2D eigenvalue weighted by Crippen LogP contribution is -2.28. The highest BCUT2D eigenvalue weighted by molar-refractivity contribution is 5.98. The van der Waals surface area contributed by atoms with E-state index < -0.39 is 11.5 Å². The van der Waals surface area contributed by atoms with Crippen LogP contribution < -0.4 is 0 Å². The van der Waals surface area contributed by atoms with E-state index in [4.69, 9.17) is 0 Å². The summed E-state index contributed by atoms with van der Waals surface area (Å²) in [6.45, 7) is 2.40. The van der Waals surface area contributed by atoms with Crippen LogP contribution in [0.4, 0.5) is 4.39 Å². The molecular weight excluding hydrogens is 161 g/mol. The van der Waals surface area contributed by atoms with Crippen LogP contribution in [0.25, 0.3) is 0 Å². The van der Waals surface area contributed by atoms with Gasteiger partial charge in [-0.3, -0.25) is 4.79 Å². The van der Waals surface area contributed by atoms with Gasteiger partial charge in [0.15, 0.2) is 11.5 Å². The van der Waals surface area contributed by atoms with Gasteiger partial charge in [0.1, 0.15) is 6.33 Å². The fourth-order valence-corrected chi connectivity index (χ4v) is 0.768. The van der Waals surface area contributed by atoms with Gasteiger partial charge in [0.25, 0.3) is 0 Å². The van der Waals surface area contributed by atoms with Crippen molar-refractivity contribution in [3.8, 4) is 0 Å². The van der Waals surface area contributed by atoms with Gasteiger partial charge < -0.3 is 0 Å². The largest absolute Gasteiger partial charge is 0.287 e. The fraction of sp³-hybridized carbons (Fsp3) is 0.571. The number of carbonyl (C=O) groups excluding carboxylic acids is 1. The number of Topliss-reactive ketones (excluding diaryl/α,β-unsaturated/α-hetero) is 1. The molecule has 0 unspecified atom stereocenters. The smallest absolute Gasteiger partial charge is 0.236 e. The molecule has 0 aliphatic heterocycles. The minimum Gasteiger partial charge on any atom is -0.287 e. The molecule has 0 amide bonds. The van der Waals surface area contributed by atoms with Crippen LogP contribution in [0.15, 0.2) is 6.33 Å². The van der Waals surface area contributed by atoms with Gasteiger partial charge in [-0.05, 0) is 13.8 Å². The topological polar surface area (TPSA) is 47.8 Å². The van der Waals surface area contributed by atoms with Crippen LogP contribution in [0.5, 0.6) is 0 Å².